The lowest BCUT2D eigenvalue weighted by molar-refractivity contribution is 0.00708. The van der Waals surface area contributed by atoms with Crippen LogP contribution in [0.15, 0.2) is 91.4 Å². The Labute approximate surface area is 198 Å². The van der Waals surface area contributed by atoms with Crippen molar-refractivity contribution in [2.24, 2.45) is 0 Å². The Morgan fingerprint density at radius 3 is 2.29 bits per heavy atom. The first-order valence-corrected chi connectivity index (χ1v) is 10.9. The van der Waals surface area contributed by atoms with E-state index in [1.54, 1.807) is 57.4 Å². The van der Waals surface area contributed by atoms with Crippen LogP contribution in [0, 0.1) is 0 Å². The molecule has 0 aliphatic heterocycles. The van der Waals surface area contributed by atoms with Crippen molar-refractivity contribution in [1.29, 1.82) is 0 Å². The predicted molar refractivity (Wildman–Crippen MR) is 132 cm³/mol. The van der Waals surface area contributed by atoms with Crippen LogP contribution in [0.25, 0.3) is 22.4 Å². The molecule has 170 valence electrons. The number of pyridine rings is 2. The number of anilines is 1. The van der Waals surface area contributed by atoms with Gasteiger partial charge in [-0.05, 0) is 56.7 Å². The molecule has 2 aromatic carbocycles. The monoisotopic (exact) mass is 451 g/mol. The number of nitrogens with zero attached hydrogens (tertiary/aromatic N) is 2. The molecule has 0 unspecified atom stereocenters. The number of hydrogen-bond donors (Lipinski definition) is 1. The number of aromatic nitrogens is 2. The van der Waals surface area contributed by atoms with Crippen molar-refractivity contribution in [2.45, 2.75) is 26.4 Å². The standard InChI is InChI=1S/C28H25N3O3/c1-28(2,3)34-27(33)23-13-12-20(24-11-7-8-14-30-24)16-25(23)31-26(32)22-15-21(17-29-18-22)19-9-5-4-6-10-19/h4-18H,1-3H3,(H,31,32). The van der Waals surface area contributed by atoms with Gasteiger partial charge >= 0.3 is 5.97 Å². The van der Waals surface area contributed by atoms with E-state index in [1.165, 1.54) is 6.20 Å². The van der Waals surface area contributed by atoms with Gasteiger partial charge in [0.25, 0.3) is 5.91 Å². The fourth-order valence-corrected chi connectivity index (χ4v) is 3.40. The van der Waals surface area contributed by atoms with Crippen LogP contribution in [-0.2, 0) is 4.74 Å². The third-order valence-corrected chi connectivity index (χ3v) is 4.95. The zero-order valence-electron chi connectivity index (χ0n) is 19.3. The fourth-order valence-electron chi connectivity index (χ4n) is 3.40. The van der Waals surface area contributed by atoms with Crippen LogP contribution in [-0.4, -0.2) is 27.4 Å². The number of esters is 1. The molecular formula is C28H25N3O3. The molecule has 2 heterocycles. The van der Waals surface area contributed by atoms with Crippen LogP contribution in [0.2, 0.25) is 0 Å². The minimum atomic E-state index is -0.675. The van der Waals surface area contributed by atoms with Crippen molar-refractivity contribution in [1.82, 2.24) is 9.97 Å². The summed E-state index contributed by atoms with van der Waals surface area (Å²) in [5, 5.41) is 2.87. The lowest BCUT2D eigenvalue weighted by Crippen LogP contribution is -2.25. The number of benzene rings is 2. The summed E-state index contributed by atoms with van der Waals surface area (Å²) < 4.78 is 5.56. The largest absolute Gasteiger partial charge is 0.456 e. The number of amides is 1. The van der Waals surface area contributed by atoms with Gasteiger partial charge in [0, 0.05) is 29.7 Å². The van der Waals surface area contributed by atoms with Crippen LogP contribution in [0.1, 0.15) is 41.5 Å². The summed E-state index contributed by atoms with van der Waals surface area (Å²) in [7, 11) is 0. The maximum absolute atomic E-state index is 13.2. The number of nitrogens with one attached hydrogen (secondary N) is 1. The fraction of sp³-hybridized carbons (Fsp3) is 0.143. The zero-order valence-corrected chi connectivity index (χ0v) is 19.3. The van der Waals surface area contributed by atoms with E-state index in [2.05, 4.69) is 15.3 Å². The Kier molecular flexibility index (Phi) is 6.50. The average Bonchev–Trinajstić information content (AvgIpc) is 2.84. The maximum Gasteiger partial charge on any atom is 0.340 e. The molecule has 0 spiro atoms. The van der Waals surface area contributed by atoms with Crippen LogP contribution >= 0.6 is 0 Å². The van der Waals surface area contributed by atoms with Gasteiger partial charge in [0.05, 0.1) is 22.5 Å². The van der Waals surface area contributed by atoms with Crippen LogP contribution in [0.3, 0.4) is 0 Å². The van der Waals surface area contributed by atoms with E-state index >= 15 is 0 Å². The molecule has 6 heteroatoms. The van der Waals surface area contributed by atoms with Gasteiger partial charge in [0.2, 0.25) is 0 Å². The molecule has 4 aromatic rings. The van der Waals surface area contributed by atoms with Gasteiger partial charge in [0.15, 0.2) is 0 Å². The lowest BCUT2D eigenvalue weighted by atomic mass is 10.0. The summed E-state index contributed by atoms with van der Waals surface area (Å²) >= 11 is 0. The molecule has 6 nitrogen and oxygen atoms in total. The molecule has 0 saturated carbocycles. The first-order valence-electron chi connectivity index (χ1n) is 10.9. The Morgan fingerprint density at radius 1 is 0.824 bits per heavy atom. The summed E-state index contributed by atoms with van der Waals surface area (Å²) in [5.74, 6) is -0.903. The smallest absolute Gasteiger partial charge is 0.340 e. The van der Waals surface area contributed by atoms with E-state index in [9.17, 15) is 9.59 Å². The summed E-state index contributed by atoms with van der Waals surface area (Å²) in [6, 6.07) is 22.2. The van der Waals surface area contributed by atoms with Crippen molar-refractivity contribution in [3.8, 4) is 22.4 Å². The quantitative estimate of drug-likeness (QED) is 0.375. The molecule has 0 fully saturated rings. The van der Waals surface area contributed by atoms with Gasteiger partial charge in [-0.25, -0.2) is 4.79 Å². The number of ether oxygens (including phenoxy) is 1. The third-order valence-electron chi connectivity index (χ3n) is 4.95. The molecule has 34 heavy (non-hydrogen) atoms. The minimum absolute atomic E-state index is 0.259. The highest BCUT2D eigenvalue weighted by atomic mass is 16.6. The highest BCUT2D eigenvalue weighted by Crippen LogP contribution is 2.27. The van der Waals surface area contributed by atoms with Gasteiger partial charge in [0.1, 0.15) is 5.60 Å². The van der Waals surface area contributed by atoms with Crippen molar-refractivity contribution in [2.75, 3.05) is 5.32 Å². The summed E-state index contributed by atoms with van der Waals surface area (Å²) in [6.45, 7) is 5.39. The minimum Gasteiger partial charge on any atom is -0.456 e. The Balaban J connectivity index is 1.69. The zero-order chi connectivity index (χ0) is 24.1. The van der Waals surface area contributed by atoms with E-state index < -0.39 is 11.6 Å². The molecule has 4 rings (SSSR count). The second-order valence-corrected chi connectivity index (χ2v) is 8.76. The number of rotatable bonds is 5. The van der Waals surface area contributed by atoms with Crippen molar-refractivity contribution < 1.29 is 14.3 Å². The molecule has 0 aliphatic carbocycles. The normalized spacial score (nSPS) is 11.0. The Morgan fingerprint density at radius 2 is 1.59 bits per heavy atom. The van der Waals surface area contributed by atoms with E-state index in [4.69, 9.17) is 4.74 Å². The van der Waals surface area contributed by atoms with Gasteiger partial charge in [-0.15, -0.1) is 0 Å². The lowest BCUT2D eigenvalue weighted by Gasteiger charge is -2.21. The second-order valence-electron chi connectivity index (χ2n) is 8.76. The van der Waals surface area contributed by atoms with Crippen LogP contribution in [0.4, 0.5) is 5.69 Å². The van der Waals surface area contributed by atoms with E-state index in [-0.39, 0.29) is 11.5 Å². The molecule has 0 aliphatic rings. The first kappa shape index (κ1) is 22.9. The van der Waals surface area contributed by atoms with Crippen LogP contribution in [0.5, 0.6) is 0 Å². The third kappa shape index (κ3) is 5.53. The average molecular weight is 452 g/mol. The van der Waals surface area contributed by atoms with E-state index in [1.807, 2.05) is 48.5 Å². The topological polar surface area (TPSA) is 81.2 Å². The SMILES string of the molecule is CC(C)(C)OC(=O)c1ccc(-c2ccccn2)cc1NC(=O)c1cncc(-c2ccccc2)c1. The molecule has 0 radical (unpaired) electrons. The highest BCUT2D eigenvalue weighted by Gasteiger charge is 2.22. The van der Waals surface area contributed by atoms with Gasteiger partial charge in [-0.3, -0.25) is 14.8 Å². The number of carbonyl (C=O) groups is 2. The highest BCUT2D eigenvalue weighted by molar-refractivity contribution is 6.08. The second kappa shape index (κ2) is 9.67. The molecule has 0 bridgehead atoms. The van der Waals surface area contributed by atoms with Gasteiger partial charge in [-0.1, -0.05) is 42.5 Å². The molecular weight excluding hydrogens is 426 g/mol. The molecule has 2 aromatic heterocycles. The van der Waals surface area contributed by atoms with Gasteiger partial charge < -0.3 is 10.1 Å². The summed E-state index contributed by atoms with van der Waals surface area (Å²) in [4.78, 5) is 34.7. The van der Waals surface area contributed by atoms with Crippen molar-refractivity contribution >= 4 is 17.6 Å². The Bertz CT molecular complexity index is 1310. The Hall–Kier alpha value is -4.32. The van der Waals surface area contributed by atoms with Crippen molar-refractivity contribution in [3.63, 3.8) is 0 Å². The molecule has 1 amide bonds. The summed E-state index contributed by atoms with van der Waals surface area (Å²) in [6.07, 6.45) is 4.90. The predicted octanol–water partition coefficient (Wildman–Crippen LogP) is 6.02. The number of hydrogen-bond acceptors (Lipinski definition) is 5. The van der Waals surface area contributed by atoms with E-state index in [0.29, 0.717) is 11.3 Å². The van der Waals surface area contributed by atoms with Gasteiger partial charge in [-0.2, -0.15) is 0 Å². The van der Waals surface area contributed by atoms with Crippen LogP contribution < -0.4 is 5.32 Å². The number of carbonyl (C=O) groups excluding carboxylic acids is 2. The maximum atomic E-state index is 13.2. The van der Waals surface area contributed by atoms with Crippen molar-refractivity contribution in [3.05, 3.63) is 103 Å². The first-order chi connectivity index (χ1) is 16.3. The molecule has 0 atom stereocenters. The summed E-state index contributed by atoms with van der Waals surface area (Å²) in [5.41, 5.74) is 3.56. The molecule has 0 saturated heterocycles. The molecule has 1 N–H and O–H groups in total. The van der Waals surface area contributed by atoms with E-state index in [0.717, 1.165) is 22.4 Å².